The van der Waals surface area contributed by atoms with Gasteiger partial charge in [0.05, 0.1) is 5.92 Å². The van der Waals surface area contributed by atoms with Gasteiger partial charge < -0.3 is 15.3 Å². The Hall–Kier alpha value is -1.59. The largest absolute Gasteiger partial charge is 0.481 e. The van der Waals surface area contributed by atoms with Crippen LogP contribution in [0.3, 0.4) is 0 Å². The molecule has 0 aromatic heterocycles. The first-order valence-corrected chi connectivity index (χ1v) is 7.54. The highest BCUT2D eigenvalue weighted by atomic mass is 16.4. The molecule has 0 saturated carbocycles. The van der Waals surface area contributed by atoms with Crippen molar-refractivity contribution in [2.75, 3.05) is 20.1 Å². The summed E-state index contributed by atoms with van der Waals surface area (Å²) >= 11 is 0. The van der Waals surface area contributed by atoms with E-state index in [0.717, 1.165) is 6.42 Å². The molecule has 1 heterocycles. The minimum Gasteiger partial charge on any atom is -0.481 e. The Morgan fingerprint density at radius 3 is 2.52 bits per heavy atom. The van der Waals surface area contributed by atoms with Crippen LogP contribution < -0.4 is 5.32 Å². The van der Waals surface area contributed by atoms with E-state index in [0.29, 0.717) is 25.4 Å². The van der Waals surface area contributed by atoms with Crippen LogP contribution in [0.5, 0.6) is 0 Å². The maximum absolute atomic E-state index is 12.0. The zero-order valence-electron chi connectivity index (χ0n) is 13.1. The van der Waals surface area contributed by atoms with E-state index < -0.39 is 5.97 Å². The first kappa shape index (κ1) is 17.5. The number of carboxylic acid groups (broad SMARTS) is 1. The van der Waals surface area contributed by atoms with E-state index in [4.69, 9.17) is 5.11 Å². The third-order valence-corrected chi connectivity index (χ3v) is 4.20. The number of aliphatic carboxylic acids is 1. The van der Waals surface area contributed by atoms with Crippen LogP contribution in [0, 0.1) is 17.8 Å². The molecule has 1 rings (SSSR count). The van der Waals surface area contributed by atoms with Crippen molar-refractivity contribution in [1.82, 2.24) is 10.2 Å². The second kappa shape index (κ2) is 8.00. The van der Waals surface area contributed by atoms with Crippen molar-refractivity contribution >= 4 is 17.8 Å². The monoisotopic (exact) mass is 298 g/mol. The quantitative estimate of drug-likeness (QED) is 0.703. The molecule has 2 N–H and O–H groups in total. The van der Waals surface area contributed by atoms with E-state index in [1.165, 1.54) is 0 Å². The normalized spacial score (nSPS) is 19.9. The van der Waals surface area contributed by atoms with Gasteiger partial charge in [0.1, 0.15) is 0 Å². The Bertz CT molecular complexity index is 395. The zero-order chi connectivity index (χ0) is 16.0. The number of rotatable bonds is 8. The van der Waals surface area contributed by atoms with Crippen molar-refractivity contribution in [3.05, 3.63) is 0 Å². The molecule has 1 saturated heterocycles. The fourth-order valence-electron chi connectivity index (χ4n) is 2.68. The van der Waals surface area contributed by atoms with Crippen molar-refractivity contribution in [2.24, 2.45) is 17.8 Å². The van der Waals surface area contributed by atoms with Gasteiger partial charge in [0, 0.05) is 33.0 Å². The third kappa shape index (κ3) is 5.73. The van der Waals surface area contributed by atoms with Gasteiger partial charge in [0.25, 0.3) is 0 Å². The number of likely N-dealkylation sites (tertiary alicyclic amines) is 1. The van der Waals surface area contributed by atoms with E-state index in [1.54, 1.807) is 11.9 Å². The average Bonchev–Trinajstić information content (AvgIpc) is 2.72. The molecular weight excluding hydrogens is 272 g/mol. The molecule has 6 nitrogen and oxygen atoms in total. The molecule has 0 aromatic rings. The topological polar surface area (TPSA) is 86.7 Å². The molecular formula is C15H26N2O4. The minimum atomic E-state index is -0.780. The van der Waals surface area contributed by atoms with Gasteiger partial charge in [0.15, 0.2) is 0 Å². The Morgan fingerprint density at radius 2 is 2.05 bits per heavy atom. The second-order valence-electron chi connectivity index (χ2n) is 6.19. The molecule has 0 aliphatic carbocycles. The lowest BCUT2D eigenvalue weighted by Crippen LogP contribution is -2.34. The van der Waals surface area contributed by atoms with E-state index in [-0.39, 0.29) is 36.5 Å². The number of hydrogen-bond donors (Lipinski definition) is 2. The summed E-state index contributed by atoms with van der Waals surface area (Å²) in [4.78, 5) is 35.6. The first-order valence-electron chi connectivity index (χ1n) is 7.54. The molecule has 6 heteroatoms. The molecule has 0 radical (unpaired) electrons. The molecule has 2 amide bonds. The molecule has 0 spiro atoms. The van der Waals surface area contributed by atoms with Crippen LogP contribution in [-0.4, -0.2) is 47.9 Å². The maximum atomic E-state index is 12.0. The Balaban J connectivity index is 2.31. The summed E-state index contributed by atoms with van der Waals surface area (Å²) in [5.41, 5.74) is 0. The van der Waals surface area contributed by atoms with Gasteiger partial charge >= 0.3 is 5.97 Å². The Labute approximate surface area is 125 Å². The van der Waals surface area contributed by atoms with Crippen molar-refractivity contribution in [3.63, 3.8) is 0 Å². The molecule has 2 atom stereocenters. The zero-order valence-corrected chi connectivity index (χ0v) is 13.1. The summed E-state index contributed by atoms with van der Waals surface area (Å²) in [5, 5.41) is 11.6. The summed E-state index contributed by atoms with van der Waals surface area (Å²) in [6.07, 6.45) is 1.86. The molecule has 2 unspecified atom stereocenters. The average molecular weight is 298 g/mol. The number of nitrogens with one attached hydrogen (secondary N) is 1. The SMILES string of the molecule is CC(C)C(CCNC(=O)C1CC(=O)N(C)C1)CCC(=O)O. The van der Waals surface area contributed by atoms with Crippen LogP contribution in [-0.2, 0) is 14.4 Å². The predicted molar refractivity (Wildman–Crippen MR) is 78.6 cm³/mol. The molecule has 1 aliphatic heterocycles. The number of hydrogen-bond acceptors (Lipinski definition) is 3. The molecule has 0 aromatic carbocycles. The fourth-order valence-corrected chi connectivity index (χ4v) is 2.68. The van der Waals surface area contributed by atoms with Gasteiger partial charge in [-0.2, -0.15) is 0 Å². The summed E-state index contributed by atoms with van der Waals surface area (Å²) in [7, 11) is 1.70. The van der Waals surface area contributed by atoms with E-state index >= 15 is 0 Å². The molecule has 0 bridgehead atoms. The minimum absolute atomic E-state index is 0.0108. The molecule has 120 valence electrons. The van der Waals surface area contributed by atoms with Crippen LogP contribution in [0.1, 0.15) is 39.5 Å². The van der Waals surface area contributed by atoms with Gasteiger partial charge in [-0.15, -0.1) is 0 Å². The van der Waals surface area contributed by atoms with Crippen LogP contribution in [0.4, 0.5) is 0 Å². The highest BCUT2D eigenvalue weighted by Gasteiger charge is 2.31. The van der Waals surface area contributed by atoms with Crippen LogP contribution in [0.2, 0.25) is 0 Å². The highest BCUT2D eigenvalue weighted by molar-refractivity contribution is 5.89. The van der Waals surface area contributed by atoms with E-state index in [1.807, 2.05) is 0 Å². The standard InChI is InChI=1S/C15H26N2O4/c1-10(2)11(4-5-14(19)20)6-7-16-15(21)12-8-13(18)17(3)9-12/h10-12H,4-9H2,1-3H3,(H,16,21)(H,19,20). The van der Waals surface area contributed by atoms with Crippen LogP contribution in [0.25, 0.3) is 0 Å². The lowest BCUT2D eigenvalue weighted by Gasteiger charge is -2.20. The smallest absolute Gasteiger partial charge is 0.303 e. The lowest BCUT2D eigenvalue weighted by molar-refractivity contribution is -0.137. The fraction of sp³-hybridized carbons (Fsp3) is 0.800. The predicted octanol–water partition coefficient (Wildman–Crippen LogP) is 1.11. The van der Waals surface area contributed by atoms with E-state index in [2.05, 4.69) is 19.2 Å². The summed E-state index contributed by atoms with van der Waals surface area (Å²) < 4.78 is 0. The molecule has 1 fully saturated rings. The van der Waals surface area contributed by atoms with Gasteiger partial charge in [0.2, 0.25) is 11.8 Å². The first-order chi connectivity index (χ1) is 9.81. The van der Waals surface area contributed by atoms with Crippen LogP contribution in [0.15, 0.2) is 0 Å². The third-order valence-electron chi connectivity index (χ3n) is 4.20. The van der Waals surface area contributed by atoms with Crippen molar-refractivity contribution < 1.29 is 19.5 Å². The van der Waals surface area contributed by atoms with Gasteiger partial charge in [-0.3, -0.25) is 14.4 Å². The van der Waals surface area contributed by atoms with Gasteiger partial charge in [-0.25, -0.2) is 0 Å². The molecule has 21 heavy (non-hydrogen) atoms. The van der Waals surface area contributed by atoms with Gasteiger partial charge in [-0.05, 0) is 24.7 Å². The van der Waals surface area contributed by atoms with Crippen LogP contribution >= 0.6 is 0 Å². The van der Waals surface area contributed by atoms with Crippen molar-refractivity contribution in [2.45, 2.75) is 39.5 Å². The maximum Gasteiger partial charge on any atom is 0.303 e. The summed E-state index contributed by atoms with van der Waals surface area (Å²) in [6.45, 7) is 5.16. The van der Waals surface area contributed by atoms with E-state index in [9.17, 15) is 14.4 Å². The lowest BCUT2D eigenvalue weighted by atomic mass is 9.88. The number of amides is 2. The number of carbonyl (C=O) groups is 3. The Kier molecular flexibility index (Phi) is 6.65. The number of carbonyl (C=O) groups excluding carboxylic acids is 2. The van der Waals surface area contributed by atoms with Gasteiger partial charge in [-0.1, -0.05) is 13.8 Å². The number of carboxylic acids is 1. The summed E-state index contributed by atoms with van der Waals surface area (Å²) in [5.74, 6) is -0.420. The summed E-state index contributed by atoms with van der Waals surface area (Å²) in [6, 6.07) is 0. The van der Waals surface area contributed by atoms with Crippen molar-refractivity contribution in [1.29, 1.82) is 0 Å². The Morgan fingerprint density at radius 1 is 1.38 bits per heavy atom. The molecule has 1 aliphatic rings. The second-order valence-corrected chi connectivity index (χ2v) is 6.19. The van der Waals surface area contributed by atoms with Crippen molar-refractivity contribution in [3.8, 4) is 0 Å². The highest BCUT2D eigenvalue weighted by Crippen LogP contribution is 2.21. The number of nitrogens with zero attached hydrogens (tertiary/aromatic N) is 1.